The third-order valence-electron chi connectivity index (χ3n) is 3.36. The molecule has 1 unspecified atom stereocenters. The van der Waals surface area contributed by atoms with E-state index in [9.17, 15) is 4.79 Å². The van der Waals surface area contributed by atoms with Crippen LogP contribution in [0.1, 0.15) is 24.1 Å². The summed E-state index contributed by atoms with van der Waals surface area (Å²) in [6.07, 6.45) is 0.265. The lowest BCUT2D eigenvalue weighted by Crippen LogP contribution is -2.28. The minimum atomic E-state index is -0.0998. The Morgan fingerprint density at radius 3 is 2.68 bits per heavy atom. The van der Waals surface area contributed by atoms with E-state index in [0.29, 0.717) is 5.02 Å². The zero-order valence-corrected chi connectivity index (χ0v) is 14.7. The zero-order valence-electron chi connectivity index (χ0n) is 12.4. The third-order valence-corrected chi connectivity index (χ3v) is 4.35. The standard InChI is InChI=1S/C17H17BrClNO2/c1-11(12-7-8-16(22-2)14(18)9-12)20-17(21)10-13-5-3-4-6-15(13)19/h3-9,11H,10H2,1-2H3,(H,20,21). The van der Waals surface area contributed by atoms with Gasteiger partial charge in [-0.25, -0.2) is 0 Å². The number of carbonyl (C=O) groups excluding carboxylic acids is 1. The third kappa shape index (κ3) is 4.24. The summed E-state index contributed by atoms with van der Waals surface area (Å²) in [5.41, 5.74) is 1.82. The van der Waals surface area contributed by atoms with Crippen LogP contribution in [0.15, 0.2) is 46.9 Å². The van der Waals surface area contributed by atoms with E-state index >= 15 is 0 Å². The maximum Gasteiger partial charge on any atom is 0.224 e. The van der Waals surface area contributed by atoms with Crippen LogP contribution in [0.2, 0.25) is 5.02 Å². The second-order valence-electron chi connectivity index (χ2n) is 4.95. The first-order valence-electron chi connectivity index (χ1n) is 6.87. The van der Waals surface area contributed by atoms with Gasteiger partial charge in [0.15, 0.2) is 0 Å². The molecule has 0 aromatic heterocycles. The number of methoxy groups -OCH3 is 1. The van der Waals surface area contributed by atoms with Gasteiger partial charge in [-0.15, -0.1) is 0 Å². The van der Waals surface area contributed by atoms with Crippen molar-refractivity contribution in [2.45, 2.75) is 19.4 Å². The van der Waals surface area contributed by atoms with Crippen molar-refractivity contribution in [1.82, 2.24) is 5.32 Å². The van der Waals surface area contributed by atoms with Gasteiger partial charge in [-0.2, -0.15) is 0 Å². The maximum atomic E-state index is 12.2. The Balaban J connectivity index is 2.02. The summed E-state index contributed by atoms with van der Waals surface area (Å²) in [7, 11) is 1.62. The summed E-state index contributed by atoms with van der Waals surface area (Å²) < 4.78 is 6.06. The first kappa shape index (κ1) is 16.8. The first-order valence-corrected chi connectivity index (χ1v) is 8.04. The van der Waals surface area contributed by atoms with Crippen LogP contribution in [0.4, 0.5) is 0 Å². The van der Waals surface area contributed by atoms with E-state index in [1.807, 2.05) is 43.3 Å². The highest BCUT2D eigenvalue weighted by atomic mass is 79.9. The number of nitrogens with one attached hydrogen (secondary N) is 1. The fraction of sp³-hybridized carbons (Fsp3) is 0.235. The Bertz CT molecular complexity index is 675. The van der Waals surface area contributed by atoms with Gasteiger partial charge in [0.25, 0.3) is 0 Å². The Morgan fingerprint density at radius 2 is 2.05 bits per heavy atom. The molecule has 0 heterocycles. The fourth-order valence-electron chi connectivity index (χ4n) is 2.14. The zero-order chi connectivity index (χ0) is 16.1. The van der Waals surface area contributed by atoms with Crippen molar-refractivity contribution in [2.75, 3.05) is 7.11 Å². The molecule has 0 fully saturated rings. The van der Waals surface area contributed by atoms with Gasteiger partial charge in [-0.05, 0) is 52.2 Å². The van der Waals surface area contributed by atoms with Crippen LogP contribution in [0, 0.1) is 0 Å². The van der Waals surface area contributed by atoms with Crippen LogP contribution < -0.4 is 10.1 Å². The van der Waals surface area contributed by atoms with Gasteiger partial charge in [0, 0.05) is 5.02 Å². The van der Waals surface area contributed by atoms with Crippen molar-refractivity contribution in [3.63, 3.8) is 0 Å². The summed E-state index contributed by atoms with van der Waals surface area (Å²) in [6.45, 7) is 1.94. The van der Waals surface area contributed by atoms with E-state index in [2.05, 4.69) is 21.2 Å². The van der Waals surface area contributed by atoms with E-state index in [1.54, 1.807) is 13.2 Å². The predicted octanol–water partition coefficient (Wildman–Crippen LogP) is 4.53. The predicted molar refractivity (Wildman–Crippen MR) is 92.4 cm³/mol. The Hall–Kier alpha value is -1.52. The van der Waals surface area contributed by atoms with Crippen molar-refractivity contribution >= 4 is 33.4 Å². The maximum absolute atomic E-state index is 12.2. The molecule has 2 aromatic rings. The number of benzene rings is 2. The molecule has 0 spiro atoms. The lowest BCUT2D eigenvalue weighted by Gasteiger charge is -2.16. The number of halogens is 2. The van der Waals surface area contributed by atoms with Crippen LogP contribution in [0.25, 0.3) is 0 Å². The number of amides is 1. The molecule has 22 heavy (non-hydrogen) atoms. The molecule has 116 valence electrons. The number of hydrogen-bond acceptors (Lipinski definition) is 2. The summed E-state index contributed by atoms with van der Waals surface area (Å²) in [4.78, 5) is 12.2. The Labute approximate surface area is 143 Å². The minimum Gasteiger partial charge on any atom is -0.496 e. The highest BCUT2D eigenvalue weighted by molar-refractivity contribution is 9.10. The van der Waals surface area contributed by atoms with Crippen molar-refractivity contribution in [3.05, 3.63) is 63.1 Å². The van der Waals surface area contributed by atoms with Gasteiger partial charge in [0.2, 0.25) is 5.91 Å². The van der Waals surface area contributed by atoms with E-state index < -0.39 is 0 Å². The highest BCUT2D eigenvalue weighted by Crippen LogP contribution is 2.28. The lowest BCUT2D eigenvalue weighted by atomic mass is 10.1. The molecule has 0 aliphatic rings. The molecule has 0 bridgehead atoms. The highest BCUT2D eigenvalue weighted by Gasteiger charge is 2.13. The smallest absolute Gasteiger partial charge is 0.224 e. The normalized spacial score (nSPS) is 11.8. The van der Waals surface area contributed by atoms with E-state index in [-0.39, 0.29) is 18.4 Å². The van der Waals surface area contributed by atoms with Crippen LogP contribution >= 0.6 is 27.5 Å². The molecular weight excluding hydrogens is 366 g/mol. The van der Waals surface area contributed by atoms with Crippen LogP contribution in [-0.4, -0.2) is 13.0 Å². The molecule has 0 aliphatic heterocycles. The molecule has 0 radical (unpaired) electrons. The lowest BCUT2D eigenvalue weighted by molar-refractivity contribution is -0.121. The molecule has 3 nitrogen and oxygen atoms in total. The number of carbonyl (C=O) groups is 1. The molecule has 2 rings (SSSR count). The number of rotatable bonds is 5. The van der Waals surface area contributed by atoms with Crippen molar-refractivity contribution in [3.8, 4) is 5.75 Å². The average molecular weight is 383 g/mol. The van der Waals surface area contributed by atoms with Crippen LogP contribution in [0.3, 0.4) is 0 Å². The number of ether oxygens (including phenoxy) is 1. The molecule has 5 heteroatoms. The molecule has 1 amide bonds. The second-order valence-corrected chi connectivity index (χ2v) is 6.21. The summed E-state index contributed by atoms with van der Waals surface area (Å²) in [5.74, 6) is 0.700. The average Bonchev–Trinajstić information content (AvgIpc) is 2.49. The van der Waals surface area contributed by atoms with Crippen molar-refractivity contribution < 1.29 is 9.53 Å². The Morgan fingerprint density at radius 1 is 1.32 bits per heavy atom. The van der Waals surface area contributed by atoms with Crippen LogP contribution in [-0.2, 0) is 11.2 Å². The largest absolute Gasteiger partial charge is 0.496 e. The summed E-state index contributed by atoms with van der Waals surface area (Å²) in [5, 5.41) is 3.59. The summed E-state index contributed by atoms with van der Waals surface area (Å²) in [6, 6.07) is 13.0. The van der Waals surface area contributed by atoms with Crippen molar-refractivity contribution in [1.29, 1.82) is 0 Å². The minimum absolute atomic E-state index is 0.0625. The molecule has 0 saturated carbocycles. The van der Waals surface area contributed by atoms with Crippen molar-refractivity contribution in [2.24, 2.45) is 0 Å². The monoisotopic (exact) mass is 381 g/mol. The molecule has 2 aromatic carbocycles. The Kier molecular flexibility index (Phi) is 5.86. The van der Waals surface area contributed by atoms with Gasteiger partial charge in [0.1, 0.15) is 5.75 Å². The van der Waals surface area contributed by atoms with E-state index in [1.165, 1.54) is 0 Å². The van der Waals surface area contributed by atoms with Gasteiger partial charge in [-0.1, -0.05) is 35.9 Å². The first-order chi connectivity index (χ1) is 10.5. The molecular formula is C17H17BrClNO2. The van der Waals surface area contributed by atoms with Gasteiger partial charge < -0.3 is 10.1 Å². The van der Waals surface area contributed by atoms with Gasteiger partial charge in [0.05, 0.1) is 24.0 Å². The molecule has 0 saturated heterocycles. The quantitative estimate of drug-likeness (QED) is 0.825. The SMILES string of the molecule is COc1ccc(C(C)NC(=O)Cc2ccccc2Cl)cc1Br. The number of hydrogen-bond donors (Lipinski definition) is 1. The molecule has 1 atom stereocenters. The summed E-state index contributed by atoms with van der Waals surface area (Å²) >= 11 is 9.53. The molecule has 0 aliphatic carbocycles. The molecule has 1 N–H and O–H groups in total. The topological polar surface area (TPSA) is 38.3 Å². The van der Waals surface area contributed by atoms with Gasteiger partial charge in [-0.3, -0.25) is 4.79 Å². The van der Waals surface area contributed by atoms with Gasteiger partial charge >= 0.3 is 0 Å². The van der Waals surface area contributed by atoms with E-state index in [4.69, 9.17) is 16.3 Å². The van der Waals surface area contributed by atoms with E-state index in [0.717, 1.165) is 21.3 Å². The second kappa shape index (κ2) is 7.65. The fourth-order valence-corrected chi connectivity index (χ4v) is 2.90. The van der Waals surface area contributed by atoms with Crippen LogP contribution in [0.5, 0.6) is 5.75 Å².